The van der Waals surface area contributed by atoms with Gasteiger partial charge in [-0.2, -0.15) is 0 Å². The number of hydrogen-bond acceptors (Lipinski definition) is 3. The lowest BCUT2D eigenvalue weighted by Crippen LogP contribution is -2.49. The minimum Gasteiger partial charge on any atom is -0.481 e. The van der Waals surface area contributed by atoms with E-state index < -0.39 is 5.97 Å². The highest BCUT2D eigenvalue weighted by Crippen LogP contribution is 2.25. The molecule has 0 spiro atoms. The van der Waals surface area contributed by atoms with E-state index >= 15 is 0 Å². The van der Waals surface area contributed by atoms with Crippen LogP contribution >= 0.6 is 0 Å². The molecule has 0 bridgehead atoms. The molecule has 1 rings (SSSR count). The van der Waals surface area contributed by atoms with Crippen molar-refractivity contribution in [1.82, 2.24) is 10.2 Å². The summed E-state index contributed by atoms with van der Waals surface area (Å²) in [5, 5.41) is 11.6. The zero-order valence-electron chi connectivity index (χ0n) is 13.8. The van der Waals surface area contributed by atoms with E-state index in [-0.39, 0.29) is 18.4 Å². The van der Waals surface area contributed by atoms with E-state index in [9.17, 15) is 9.59 Å². The lowest BCUT2D eigenvalue weighted by molar-refractivity contribution is -0.137. The van der Waals surface area contributed by atoms with Gasteiger partial charge in [-0.15, -0.1) is 0 Å². The fraction of sp³-hybridized carbons (Fsp3) is 0.875. The molecule has 0 aromatic rings. The van der Waals surface area contributed by atoms with E-state index in [2.05, 4.69) is 24.1 Å². The first-order valence-corrected chi connectivity index (χ1v) is 8.09. The third-order valence-electron chi connectivity index (χ3n) is 4.63. The molecule has 1 aliphatic rings. The van der Waals surface area contributed by atoms with Crippen molar-refractivity contribution in [3.63, 3.8) is 0 Å². The maximum atomic E-state index is 12.2. The lowest BCUT2D eigenvalue weighted by atomic mass is 10.0. The zero-order valence-corrected chi connectivity index (χ0v) is 13.8. The van der Waals surface area contributed by atoms with Crippen molar-refractivity contribution in [2.45, 2.75) is 77.9 Å². The topological polar surface area (TPSA) is 69.6 Å². The molecule has 0 radical (unpaired) electrons. The van der Waals surface area contributed by atoms with Crippen LogP contribution < -0.4 is 5.32 Å². The van der Waals surface area contributed by atoms with Crippen LogP contribution in [0.1, 0.15) is 59.8 Å². The number of carboxylic acid groups (broad SMARTS) is 1. The fourth-order valence-corrected chi connectivity index (χ4v) is 3.22. The Morgan fingerprint density at radius 2 is 1.76 bits per heavy atom. The minimum atomic E-state index is -0.753. The Morgan fingerprint density at radius 3 is 2.29 bits per heavy atom. The van der Waals surface area contributed by atoms with Crippen LogP contribution in [0.3, 0.4) is 0 Å². The number of nitrogens with zero attached hydrogens (tertiary/aromatic N) is 1. The van der Waals surface area contributed by atoms with Crippen LogP contribution in [-0.4, -0.2) is 46.6 Å². The number of carbonyl (C=O) groups is 2. The molecule has 4 unspecified atom stereocenters. The highest BCUT2D eigenvalue weighted by atomic mass is 16.4. The van der Waals surface area contributed by atoms with Crippen molar-refractivity contribution in [3.8, 4) is 0 Å². The van der Waals surface area contributed by atoms with Gasteiger partial charge in [-0.1, -0.05) is 6.92 Å². The Morgan fingerprint density at radius 1 is 1.19 bits per heavy atom. The molecule has 0 aliphatic carbocycles. The second-order valence-electron chi connectivity index (χ2n) is 6.52. The number of nitrogens with one attached hydrogen (secondary N) is 1. The predicted molar refractivity (Wildman–Crippen MR) is 83.1 cm³/mol. The van der Waals surface area contributed by atoms with Gasteiger partial charge < -0.3 is 10.4 Å². The van der Waals surface area contributed by atoms with Crippen molar-refractivity contribution in [3.05, 3.63) is 0 Å². The van der Waals surface area contributed by atoms with Gasteiger partial charge in [0.25, 0.3) is 0 Å². The number of rotatable bonds is 8. The highest BCUT2D eigenvalue weighted by Gasteiger charge is 2.34. The van der Waals surface area contributed by atoms with Gasteiger partial charge in [0.15, 0.2) is 0 Å². The second kappa shape index (κ2) is 8.37. The maximum Gasteiger partial charge on any atom is 0.303 e. The SMILES string of the molecule is CC(CCNC(=O)C(C)N1C(C)CCC1C)CCC(=O)O. The first kappa shape index (κ1) is 18.0. The first-order chi connectivity index (χ1) is 9.82. The molecule has 0 aromatic carbocycles. The summed E-state index contributed by atoms with van der Waals surface area (Å²) in [6, 6.07) is 0.845. The summed E-state index contributed by atoms with van der Waals surface area (Å²) in [4.78, 5) is 25.0. The van der Waals surface area contributed by atoms with Crippen molar-refractivity contribution in [2.75, 3.05) is 6.54 Å². The van der Waals surface area contributed by atoms with Crippen LogP contribution in [-0.2, 0) is 9.59 Å². The molecule has 21 heavy (non-hydrogen) atoms. The van der Waals surface area contributed by atoms with Crippen LogP contribution in [0.4, 0.5) is 0 Å². The van der Waals surface area contributed by atoms with Crippen LogP contribution in [0.15, 0.2) is 0 Å². The summed E-state index contributed by atoms with van der Waals surface area (Å²) in [5.41, 5.74) is 0. The number of aliphatic carboxylic acids is 1. The van der Waals surface area contributed by atoms with Gasteiger partial charge in [-0.05, 0) is 52.4 Å². The summed E-state index contributed by atoms with van der Waals surface area (Å²) in [7, 11) is 0. The van der Waals surface area contributed by atoms with E-state index in [1.807, 2.05) is 13.8 Å². The maximum absolute atomic E-state index is 12.2. The predicted octanol–water partition coefficient (Wildman–Crippen LogP) is 2.25. The third kappa shape index (κ3) is 5.65. The van der Waals surface area contributed by atoms with E-state index in [4.69, 9.17) is 5.11 Å². The molecule has 1 fully saturated rings. The molecule has 0 saturated carbocycles. The zero-order chi connectivity index (χ0) is 16.0. The Hall–Kier alpha value is -1.10. The minimum absolute atomic E-state index is 0.0843. The van der Waals surface area contributed by atoms with Gasteiger partial charge >= 0.3 is 5.97 Å². The number of carbonyl (C=O) groups excluding carboxylic acids is 1. The van der Waals surface area contributed by atoms with Crippen molar-refractivity contribution in [2.24, 2.45) is 5.92 Å². The van der Waals surface area contributed by atoms with Gasteiger partial charge in [0.2, 0.25) is 5.91 Å². The second-order valence-corrected chi connectivity index (χ2v) is 6.52. The smallest absolute Gasteiger partial charge is 0.303 e. The summed E-state index contributed by atoms with van der Waals surface area (Å²) < 4.78 is 0. The summed E-state index contributed by atoms with van der Waals surface area (Å²) >= 11 is 0. The van der Waals surface area contributed by atoms with Crippen LogP contribution in [0.5, 0.6) is 0 Å². The summed E-state index contributed by atoms with van der Waals surface area (Å²) in [6.45, 7) is 8.99. The molecule has 1 saturated heterocycles. The number of carboxylic acids is 1. The molecule has 1 amide bonds. The van der Waals surface area contributed by atoms with Crippen molar-refractivity contribution < 1.29 is 14.7 Å². The molecule has 0 aromatic heterocycles. The van der Waals surface area contributed by atoms with Crippen LogP contribution in [0.25, 0.3) is 0 Å². The summed E-state index contributed by atoms with van der Waals surface area (Å²) in [6.07, 6.45) is 4.02. The Kier molecular flexibility index (Phi) is 7.15. The highest BCUT2D eigenvalue weighted by molar-refractivity contribution is 5.81. The summed E-state index contributed by atoms with van der Waals surface area (Å²) in [5.74, 6) is -0.348. The molecule has 5 nitrogen and oxygen atoms in total. The standard InChI is InChI=1S/C16H30N2O3/c1-11(5-8-15(19)20)9-10-17-16(21)14(4)18-12(2)6-7-13(18)3/h11-14H,5-10H2,1-4H3,(H,17,21)(H,19,20). The van der Waals surface area contributed by atoms with Gasteiger partial charge in [0, 0.05) is 25.0 Å². The number of amides is 1. The quantitative estimate of drug-likeness (QED) is 0.721. The molecule has 122 valence electrons. The largest absolute Gasteiger partial charge is 0.481 e. The number of hydrogen-bond donors (Lipinski definition) is 2. The molecule has 1 aliphatic heterocycles. The Bertz CT molecular complexity index is 349. The molecule has 1 heterocycles. The molecular formula is C16H30N2O3. The van der Waals surface area contributed by atoms with E-state index in [1.54, 1.807) is 0 Å². The average Bonchev–Trinajstić information content (AvgIpc) is 2.75. The van der Waals surface area contributed by atoms with Crippen molar-refractivity contribution in [1.29, 1.82) is 0 Å². The molecule has 5 heteroatoms. The van der Waals surface area contributed by atoms with Gasteiger partial charge in [0.1, 0.15) is 0 Å². The normalized spacial score (nSPS) is 25.5. The van der Waals surface area contributed by atoms with E-state index in [0.29, 0.717) is 31.0 Å². The van der Waals surface area contributed by atoms with E-state index in [0.717, 1.165) is 19.3 Å². The van der Waals surface area contributed by atoms with Gasteiger partial charge in [-0.25, -0.2) is 0 Å². The fourth-order valence-electron chi connectivity index (χ4n) is 3.22. The first-order valence-electron chi connectivity index (χ1n) is 8.09. The van der Waals surface area contributed by atoms with Crippen molar-refractivity contribution >= 4 is 11.9 Å². The van der Waals surface area contributed by atoms with Gasteiger partial charge in [-0.3, -0.25) is 14.5 Å². The molecular weight excluding hydrogens is 268 g/mol. The Balaban J connectivity index is 2.28. The molecule has 4 atom stereocenters. The number of likely N-dealkylation sites (tertiary alicyclic amines) is 1. The van der Waals surface area contributed by atoms with Gasteiger partial charge in [0.05, 0.1) is 6.04 Å². The monoisotopic (exact) mass is 298 g/mol. The molecule has 2 N–H and O–H groups in total. The van der Waals surface area contributed by atoms with E-state index in [1.165, 1.54) is 0 Å². The lowest BCUT2D eigenvalue weighted by Gasteiger charge is -2.31. The van der Waals surface area contributed by atoms with Crippen LogP contribution in [0.2, 0.25) is 0 Å². The third-order valence-corrected chi connectivity index (χ3v) is 4.63. The average molecular weight is 298 g/mol. The Labute approximate surface area is 128 Å². The van der Waals surface area contributed by atoms with Crippen LogP contribution in [0, 0.1) is 5.92 Å².